The molecule has 27 heavy (non-hydrogen) atoms. The number of rotatable bonds is 4. The molecule has 0 bridgehead atoms. The SMILES string of the molecule is O=C1CC2(CCN(S(=O)(=O)c3ccccc3)CC2)ON1Cc1ccccc1. The molecule has 2 saturated heterocycles. The Morgan fingerprint density at radius 3 is 2.15 bits per heavy atom. The molecule has 2 aliphatic rings. The summed E-state index contributed by atoms with van der Waals surface area (Å²) >= 11 is 0. The third kappa shape index (κ3) is 3.63. The first-order chi connectivity index (χ1) is 13.0. The average Bonchev–Trinajstić information content (AvgIpc) is 2.98. The van der Waals surface area contributed by atoms with Crippen molar-refractivity contribution in [1.82, 2.24) is 9.37 Å². The summed E-state index contributed by atoms with van der Waals surface area (Å²) in [5.41, 5.74) is 0.418. The highest BCUT2D eigenvalue weighted by Crippen LogP contribution is 2.38. The topological polar surface area (TPSA) is 66.9 Å². The number of carbonyl (C=O) groups is 1. The average molecular weight is 386 g/mol. The fourth-order valence-corrected chi connectivity index (χ4v) is 5.16. The third-order valence-corrected chi connectivity index (χ3v) is 7.15. The Morgan fingerprint density at radius 2 is 1.52 bits per heavy atom. The van der Waals surface area contributed by atoms with Crippen LogP contribution in [0.1, 0.15) is 24.8 Å². The van der Waals surface area contributed by atoms with Crippen LogP contribution in [0.15, 0.2) is 65.6 Å². The van der Waals surface area contributed by atoms with Gasteiger partial charge in [0, 0.05) is 13.1 Å². The summed E-state index contributed by atoms with van der Waals surface area (Å²) in [6.07, 6.45) is 1.32. The van der Waals surface area contributed by atoms with Gasteiger partial charge in [-0.3, -0.25) is 9.63 Å². The minimum atomic E-state index is -3.50. The van der Waals surface area contributed by atoms with Crippen molar-refractivity contribution in [2.45, 2.75) is 36.3 Å². The lowest BCUT2D eigenvalue weighted by Crippen LogP contribution is -2.46. The number of sulfonamides is 1. The summed E-state index contributed by atoms with van der Waals surface area (Å²) < 4.78 is 27.0. The Bertz CT molecular complexity index is 908. The van der Waals surface area contributed by atoms with E-state index in [-0.39, 0.29) is 5.91 Å². The zero-order chi connectivity index (χ0) is 18.9. The number of carbonyl (C=O) groups excluding carboxylic acids is 1. The zero-order valence-electron chi connectivity index (χ0n) is 15.0. The van der Waals surface area contributed by atoms with Gasteiger partial charge >= 0.3 is 0 Å². The third-order valence-electron chi connectivity index (χ3n) is 5.24. The second-order valence-electron chi connectivity index (χ2n) is 7.08. The normalized spacial score (nSPS) is 20.3. The number of hydrogen-bond donors (Lipinski definition) is 0. The summed E-state index contributed by atoms with van der Waals surface area (Å²) in [6.45, 7) is 1.11. The van der Waals surface area contributed by atoms with Crippen LogP contribution < -0.4 is 0 Å². The van der Waals surface area contributed by atoms with Crippen molar-refractivity contribution >= 4 is 15.9 Å². The minimum Gasteiger partial charge on any atom is -0.272 e. The predicted octanol–water partition coefficient (Wildman–Crippen LogP) is 2.57. The molecule has 4 rings (SSSR count). The van der Waals surface area contributed by atoms with Crippen LogP contribution in [0.4, 0.5) is 0 Å². The van der Waals surface area contributed by atoms with E-state index >= 15 is 0 Å². The number of amides is 1. The van der Waals surface area contributed by atoms with Crippen LogP contribution >= 0.6 is 0 Å². The fraction of sp³-hybridized carbons (Fsp3) is 0.350. The van der Waals surface area contributed by atoms with Gasteiger partial charge in [-0.05, 0) is 30.5 Å². The molecule has 2 fully saturated rings. The van der Waals surface area contributed by atoms with Crippen molar-refractivity contribution in [3.8, 4) is 0 Å². The highest BCUT2D eigenvalue weighted by atomic mass is 32.2. The molecule has 0 unspecified atom stereocenters. The Kier molecular flexibility index (Phi) is 4.75. The van der Waals surface area contributed by atoms with E-state index in [0.29, 0.717) is 43.8 Å². The van der Waals surface area contributed by atoms with Gasteiger partial charge in [-0.1, -0.05) is 48.5 Å². The van der Waals surface area contributed by atoms with E-state index in [0.717, 1.165) is 5.56 Å². The second-order valence-corrected chi connectivity index (χ2v) is 9.02. The number of piperidine rings is 1. The van der Waals surface area contributed by atoms with Crippen molar-refractivity contribution in [2.24, 2.45) is 0 Å². The fourth-order valence-electron chi connectivity index (χ4n) is 3.69. The number of hydroxylamine groups is 2. The van der Waals surface area contributed by atoms with Gasteiger partial charge in [0.05, 0.1) is 17.9 Å². The quantitative estimate of drug-likeness (QED) is 0.810. The van der Waals surface area contributed by atoms with Gasteiger partial charge in [-0.25, -0.2) is 13.5 Å². The predicted molar refractivity (Wildman–Crippen MR) is 99.9 cm³/mol. The van der Waals surface area contributed by atoms with Crippen molar-refractivity contribution in [2.75, 3.05) is 13.1 Å². The van der Waals surface area contributed by atoms with Crippen molar-refractivity contribution in [3.63, 3.8) is 0 Å². The smallest absolute Gasteiger partial charge is 0.249 e. The van der Waals surface area contributed by atoms with Gasteiger partial charge in [0.1, 0.15) is 5.60 Å². The number of nitrogens with zero attached hydrogens (tertiary/aromatic N) is 2. The molecule has 142 valence electrons. The summed E-state index contributed by atoms with van der Waals surface area (Å²) in [7, 11) is -3.50. The molecular weight excluding hydrogens is 364 g/mol. The molecule has 0 aromatic heterocycles. The molecule has 0 radical (unpaired) electrons. The van der Waals surface area contributed by atoms with Crippen LogP contribution in [0.3, 0.4) is 0 Å². The van der Waals surface area contributed by atoms with Crippen LogP contribution in [0.2, 0.25) is 0 Å². The van der Waals surface area contributed by atoms with E-state index in [1.165, 1.54) is 9.37 Å². The van der Waals surface area contributed by atoms with E-state index in [1.807, 2.05) is 30.3 Å². The molecule has 2 aromatic carbocycles. The minimum absolute atomic E-state index is 0.0433. The molecule has 7 heteroatoms. The molecule has 6 nitrogen and oxygen atoms in total. The molecule has 0 N–H and O–H groups in total. The second kappa shape index (κ2) is 7.07. The zero-order valence-corrected chi connectivity index (χ0v) is 15.8. The van der Waals surface area contributed by atoms with Gasteiger partial charge < -0.3 is 0 Å². The molecule has 0 atom stereocenters. The maximum atomic E-state index is 12.8. The van der Waals surface area contributed by atoms with E-state index in [4.69, 9.17) is 4.84 Å². The molecule has 1 spiro atoms. The Balaban J connectivity index is 1.42. The summed E-state index contributed by atoms with van der Waals surface area (Å²) in [5.74, 6) is -0.0433. The summed E-state index contributed by atoms with van der Waals surface area (Å²) in [4.78, 5) is 18.8. The lowest BCUT2D eigenvalue weighted by Gasteiger charge is -2.37. The Morgan fingerprint density at radius 1 is 0.926 bits per heavy atom. The summed E-state index contributed by atoms with van der Waals surface area (Å²) in [6, 6.07) is 18.2. The first-order valence-corrected chi connectivity index (χ1v) is 10.5. The lowest BCUT2D eigenvalue weighted by molar-refractivity contribution is -0.212. The van der Waals surface area contributed by atoms with E-state index in [1.54, 1.807) is 30.3 Å². The van der Waals surface area contributed by atoms with Crippen LogP contribution in [-0.4, -0.2) is 42.4 Å². The first kappa shape index (κ1) is 18.2. The largest absolute Gasteiger partial charge is 0.272 e. The van der Waals surface area contributed by atoms with Crippen LogP contribution in [0, 0.1) is 0 Å². The molecule has 2 aliphatic heterocycles. The van der Waals surface area contributed by atoms with Gasteiger partial charge in [-0.15, -0.1) is 0 Å². The summed E-state index contributed by atoms with van der Waals surface area (Å²) in [5, 5.41) is 1.43. The van der Waals surface area contributed by atoms with E-state index in [9.17, 15) is 13.2 Å². The first-order valence-electron chi connectivity index (χ1n) is 9.07. The van der Waals surface area contributed by atoms with Gasteiger partial charge in [0.25, 0.3) is 0 Å². The van der Waals surface area contributed by atoms with Crippen LogP contribution in [-0.2, 0) is 26.2 Å². The molecule has 2 heterocycles. The van der Waals surface area contributed by atoms with Gasteiger partial charge in [0.2, 0.25) is 15.9 Å². The number of benzene rings is 2. The molecule has 2 aromatic rings. The van der Waals surface area contributed by atoms with E-state index < -0.39 is 15.6 Å². The van der Waals surface area contributed by atoms with Gasteiger partial charge in [0.15, 0.2) is 0 Å². The molecule has 0 aliphatic carbocycles. The van der Waals surface area contributed by atoms with Crippen molar-refractivity contribution in [3.05, 3.63) is 66.2 Å². The maximum Gasteiger partial charge on any atom is 0.249 e. The number of hydrogen-bond acceptors (Lipinski definition) is 4. The molecule has 1 amide bonds. The highest BCUT2D eigenvalue weighted by Gasteiger charge is 2.48. The molecule has 0 saturated carbocycles. The van der Waals surface area contributed by atoms with Crippen LogP contribution in [0.25, 0.3) is 0 Å². The van der Waals surface area contributed by atoms with E-state index in [2.05, 4.69) is 0 Å². The van der Waals surface area contributed by atoms with Crippen molar-refractivity contribution in [1.29, 1.82) is 0 Å². The lowest BCUT2D eigenvalue weighted by atomic mass is 9.89. The maximum absolute atomic E-state index is 12.8. The molecular formula is C20H22N2O4S. The van der Waals surface area contributed by atoms with Crippen molar-refractivity contribution < 1.29 is 18.0 Å². The van der Waals surface area contributed by atoms with Gasteiger partial charge in [-0.2, -0.15) is 4.31 Å². The highest BCUT2D eigenvalue weighted by molar-refractivity contribution is 7.89. The monoisotopic (exact) mass is 386 g/mol. The Hall–Kier alpha value is -2.22. The Labute approximate surface area is 159 Å². The standard InChI is InChI=1S/C20H22N2O4S/c23-19-15-20(26-22(19)16-17-7-3-1-4-8-17)11-13-21(14-12-20)27(24,25)18-9-5-2-6-10-18/h1-10H,11-16H2. The van der Waals surface area contributed by atoms with Crippen LogP contribution in [0.5, 0.6) is 0 Å².